The first-order chi connectivity index (χ1) is 7.22. The molecule has 0 fully saturated rings. The van der Waals surface area contributed by atoms with Crippen molar-refractivity contribution >= 4 is 29.0 Å². The van der Waals surface area contributed by atoms with Crippen LogP contribution in [0.5, 0.6) is 0 Å². The van der Waals surface area contributed by atoms with E-state index in [0.717, 1.165) is 10.9 Å². The summed E-state index contributed by atoms with van der Waals surface area (Å²) in [5.41, 5.74) is 1.45. The molecule has 4 heteroatoms. The number of nitrogens with one attached hydrogen (secondary N) is 2. The second kappa shape index (κ2) is 3.82. The molecule has 0 unspecified atom stereocenters. The summed E-state index contributed by atoms with van der Waals surface area (Å²) < 4.78 is 0.466. The minimum atomic E-state index is -0.165. The summed E-state index contributed by atoms with van der Waals surface area (Å²) in [6, 6.07) is 9.51. The molecule has 15 heavy (non-hydrogen) atoms. The highest BCUT2D eigenvalue weighted by molar-refractivity contribution is 7.71. The molecule has 0 radical (unpaired) electrons. The van der Waals surface area contributed by atoms with E-state index in [1.54, 1.807) is 13.1 Å². The van der Waals surface area contributed by atoms with Gasteiger partial charge in [-0.25, -0.2) is 0 Å². The number of benzene rings is 1. The fourth-order valence-electron chi connectivity index (χ4n) is 1.45. The first kappa shape index (κ1) is 9.86. The number of amides is 1. The Balaban J connectivity index is 2.73. The van der Waals surface area contributed by atoms with E-state index >= 15 is 0 Å². The van der Waals surface area contributed by atoms with E-state index < -0.39 is 0 Å². The fourth-order valence-corrected chi connectivity index (χ4v) is 1.71. The summed E-state index contributed by atoms with van der Waals surface area (Å²) in [5.74, 6) is -0.165. The summed E-state index contributed by atoms with van der Waals surface area (Å²) in [4.78, 5) is 14.5. The summed E-state index contributed by atoms with van der Waals surface area (Å²) in [6.07, 6.45) is 0. The Bertz CT molecular complexity index is 574. The van der Waals surface area contributed by atoms with Crippen molar-refractivity contribution in [3.05, 3.63) is 40.5 Å². The number of para-hydroxylation sites is 1. The van der Waals surface area contributed by atoms with Crippen molar-refractivity contribution in [1.29, 1.82) is 0 Å². The second-order valence-corrected chi connectivity index (χ2v) is 3.59. The zero-order chi connectivity index (χ0) is 10.8. The van der Waals surface area contributed by atoms with Gasteiger partial charge in [0.25, 0.3) is 5.91 Å². The standard InChI is InChI=1S/C11H10N2OS/c1-12-10(14)8-6-7-4-2-3-5-9(7)13-11(8)15/h2-6H,1H3,(H,12,14)(H,13,15). The molecule has 0 atom stereocenters. The summed E-state index contributed by atoms with van der Waals surface area (Å²) >= 11 is 5.11. The minimum Gasteiger partial charge on any atom is -0.355 e. The molecular weight excluding hydrogens is 208 g/mol. The highest BCUT2D eigenvalue weighted by Gasteiger charge is 2.06. The third-order valence-corrected chi connectivity index (χ3v) is 2.55. The quantitative estimate of drug-likeness (QED) is 0.721. The molecule has 1 heterocycles. The number of hydrogen-bond acceptors (Lipinski definition) is 2. The van der Waals surface area contributed by atoms with E-state index in [1.165, 1.54) is 0 Å². The van der Waals surface area contributed by atoms with Crippen LogP contribution in [0, 0.1) is 4.64 Å². The van der Waals surface area contributed by atoms with E-state index in [1.807, 2.05) is 24.3 Å². The van der Waals surface area contributed by atoms with E-state index in [2.05, 4.69) is 10.3 Å². The summed E-state index contributed by atoms with van der Waals surface area (Å²) in [6.45, 7) is 0. The number of hydrogen-bond donors (Lipinski definition) is 2. The second-order valence-electron chi connectivity index (χ2n) is 3.18. The first-order valence-corrected chi connectivity index (χ1v) is 4.97. The van der Waals surface area contributed by atoms with Crippen molar-refractivity contribution in [2.24, 2.45) is 0 Å². The first-order valence-electron chi connectivity index (χ1n) is 4.56. The Labute approximate surface area is 92.1 Å². The van der Waals surface area contributed by atoms with Crippen LogP contribution in [-0.2, 0) is 0 Å². The predicted octanol–water partition coefficient (Wildman–Crippen LogP) is 2.26. The van der Waals surface area contributed by atoms with Gasteiger partial charge in [0, 0.05) is 12.6 Å². The maximum Gasteiger partial charge on any atom is 0.254 e. The number of fused-ring (bicyclic) bond motifs is 1. The Morgan fingerprint density at radius 3 is 2.87 bits per heavy atom. The van der Waals surface area contributed by atoms with Gasteiger partial charge in [0.15, 0.2) is 0 Å². The lowest BCUT2D eigenvalue weighted by Gasteiger charge is -2.03. The topological polar surface area (TPSA) is 44.9 Å². The van der Waals surface area contributed by atoms with Crippen LogP contribution in [0.25, 0.3) is 10.9 Å². The van der Waals surface area contributed by atoms with Crippen LogP contribution in [0.4, 0.5) is 0 Å². The minimum absolute atomic E-state index is 0.165. The van der Waals surface area contributed by atoms with Gasteiger partial charge in [0.2, 0.25) is 0 Å². The molecule has 0 saturated carbocycles. The van der Waals surface area contributed by atoms with Gasteiger partial charge in [-0.3, -0.25) is 4.79 Å². The third-order valence-electron chi connectivity index (χ3n) is 2.23. The van der Waals surface area contributed by atoms with E-state index in [4.69, 9.17) is 12.2 Å². The molecule has 3 nitrogen and oxygen atoms in total. The Morgan fingerprint density at radius 2 is 2.13 bits per heavy atom. The molecule has 0 saturated heterocycles. The van der Waals surface area contributed by atoms with Crippen LogP contribution in [-0.4, -0.2) is 17.9 Å². The molecule has 0 aliphatic heterocycles. The lowest BCUT2D eigenvalue weighted by Crippen LogP contribution is -2.18. The number of aromatic amines is 1. The van der Waals surface area contributed by atoms with Crippen LogP contribution < -0.4 is 5.32 Å². The highest BCUT2D eigenvalue weighted by Crippen LogP contribution is 2.13. The molecule has 2 aromatic rings. The average Bonchev–Trinajstić information content (AvgIpc) is 2.27. The van der Waals surface area contributed by atoms with Gasteiger partial charge < -0.3 is 10.3 Å². The summed E-state index contributed by atoms with van der Waals surface area (Å²) in [7, 11) is 1.59. The molecule has 0 aliphatic rings. The van der Waals surface area contributed by atoms with Crippen LogP contribution >= 0.6 is 12.2 Å². The van der Waals surface area contributed by atoms with Crippen molar-refractivity contribution in [2.75, 3.05) is 7.05 Å². The predicted molar refractivity (Wildman–Crippen MR) is 62.5 cm³/mol. The maximum atomic E-state index is 11.5. The van der Waals surface area contributed by atoms with Gasteiger partial charge in [-0.05, 0) is 17.5 Å². The lowest BCUT2D eigenvalue weighted by atomic mass is 10.1. The normalized spacial score (nSPS) is 10.2. The molecule has 0 bridgehead atoms. The van der Waals surface area contributed by atoms with Gasteiger partial charge in [-0.1, -0.05) is 30.4 Å². The third kappa shape index (κ3) is 1.76. The molecule has 2 rings (SSSR count). The monoisotopic (exact) mass is 218 g/mol. The van der Waals surface area contributed by atoms with E-state index in [0.29, 0.717) is 10.2 Å². The molecular formula is C11H10N2OS. The van der Waals surface area contributed by atoms with Crippen LogP contribution in [0.15, 0.2) is 30.3 Å². The van der Waals surface area contributed by atoms with Crippen LogP contribution in [0.2, 0.25) is 0 Å². The Kier molecular flexibility index (Phi) is 2.51. The van der Waals surface area contributed by atoms with E-state index in [9.17, 15) is 4.79 Å². The lowest BCUT2D eigenvalue weighted by molar-refractivity contribution is 0.0962. The maximum absolute atomic E-state index is 11.5. The number of H-pyrrole nitrogens is 1. The van der Waals surface area contributed by atoms with Gasteiger partial charge in [0.05, 0.1) is 5.56 Å². The van der Waals surface area contributed by atoms with Crippen molar-refractivity contribution in [1.82, 2.24) is 10.3 Å². The SMILES string of the molecule is CNC(=O)c1cc2ccccc2[nH]c1=S. The Hall–Kier alpha value is -1.68. The molecule has 1 aromatic carbocycles. The van der Waals surface area contributed by atoms with Crippen molar-refractivity contribution < 1.29 is 4.79 Å². The van der Waals surface area contributed by atoms with Crippen molar-refractivity contribution in [3.63, 3.8) is 0 Å². The zero-order valence-corrected chi connectivity index (χ0v) is 9.02. The molecule has 1 amide bonds. The average molecular weight is 218 g/mol. The molecule has 0 spiro atoms. The number of rotatable bonds is 1. The van der Waals surface area contributed by atoms with Crippen LogP contribution in [0.1, 0.15) is 10.4 Å². The van der Waals surface area contributed by atoms with E-state index in [-0.39, 0.29) is 5.91 Å². The van der Waals surface area contributed by atoms with Crippen LogP contribution in [0.3, 0.4) is 0 Å². The molecule has 0 aliphatic carbocycles. The zero-order valence-electron chi connectivity index (χ0n) is 8.20. The van der Waals surface area contributed by atoms with Crippen molar-refractivity contribution in [3.8, 4) is 0 Å². The Morgan fingerprint density at radius 1 is 1.40 bits per heavy atom. The fraction of sp³-hybridized carbons (Fsp3) is 0.0909. The molecule has 2 N–H and O–H groups in total. The smallest absolute Gasteiger partial charge is 0.254 e. The number of carbonyl (C=O) groups is 1. The summed E-state index contributed by atoms with van der Waals surface area (Å²) in [5, 5.41) is 3.54. The largest absolute Gasteiger partial charge is 0.355 e. The highest BCUT2D eigenvalue weighted by atomic mass is 32.1. The number of carbonyl (C=O) groups excluding carboxylic acids is 1. The molecule has 1 aromatic heterocycles. The van der Waals surface area contributed by atoms with Gasteiger partial charge in [0.1, 0.15) is 4.64 Å². The number of pyridine rings is 1. The van der Waals surface area contributed by atoms with Gasteiger partial charge >= 0.3 is 0 Å². The molecule has 76 valence electrons. The van der Waals surface area contributed by atoms with Gasteiger partial charge in [-0.2, -0.15) is 0 Å². The number of aromatic nitrogens is 1. The van der Waals surface area contributed by atoms with Gasteiger partial charge in [-0.15, -0.1) is 0 Å². The van der Waals surface area contributed by atoms with Crippen molar-refractivity contribution in [2.45, 2.75) is 0 Å².